The van der Waals surface area contributed by atoms with Crippen molar-refractivity contribution in [3.63, 3.8) is 0 Å². The highest BCUT2D eigenvalue weighted by Crippen LogP contribution is 2.12. The van der Waals surface area contributed by atoms with Gasteiger partial charge in [0.2, 0.25) is 0 Å². The van der Waals surface area contributed by atoms with E-state index in [1.165, 1.54) is 63.4 Å². The fourth-order valence-electron chi connectivity index (χ4n) is 2.41. The average Bonchev–Trinajstić information content (AvgIpc) is 2.45. The zero-order chi connectivity index (χ0) is 15.8. The van der Waals surface area contributed by atoms with Crippen LogP contribution in [0.1, 0.15) is 97.8 Å². The lowest BCUT2D eigenvalue weighted by atomic mass is 10.0. The van der Waals surface area contributed by atoms with Gasteiger partial charge in [-0.3, -0.25) is 0 Å². The van der Waals surface area contributed by atoms with Crippen molar-refractivity contribution in [2.75, 3.05) is 0 Å². The molecule has 0 amide bonds. The lowest BCUT2D eigenvalue weighted by Gasteiger charge is -2.02. The maximum Gasteiger partial charge on any atom is 0.129 e. The van der Waals surface area contributed by atoms with E-state index in [9.17, 15) is 4.79 Å². The summed E-state index contributed by atoms with van der Waals surface area (Å²) in [4.78, 5) is 10.8. The van der Waals surface area contributed by atoms with Gasteiger partial charge >= 0.3 is 0 Å². The summed E-state index contributed by atoms with van der Waals surface area (Å²) in [5.74, 6) is 0.330. The van der Waals surface area contributed by atoms with E-state index in [4.69, 9.17) is 0 Å². The SMILES string of the molecule is CCCCCC=CCC=C(C)CCCCCCCC(C)=O. The first-order valence-electron chi connectivity index (χ1n) is 8.97. The first-order valence-corrected chi connectivity index (χ1v) is 8.97. The Kier molecular flexibility index (Phi) is 14.9. The largest absolute Gasteiger partial charge is 0.300 e. The summed E-state index contributed by atoms with van der Waals surface area (Å²) in [6.45, 7) is 6.19. The molecule has 21 heavy (non-hydrogen) atoms. The minimum atomic E-state index is 0.330. The average molecular weight is 293 g/mol. The van der Waals surface area contributed by atoms with Gasteiger partial charge in [0.25, 0.3) is 0 Å². The van der Waals surface area contributed by atoms with Crippen molar-refractivity contribution in [3.8, 4) is 0 Å². The second kappa shape index (κ2) is 15.5. The minimum absolute atomic E-state index is 0.330. The van der Waals surface area contributed by atoms with E-state index < -0.39 is 0 Å². The molecule has 0 bridgehead atoms. The molecule has 0 aromatic heterocycles. The number of carbonyl (C=O) groups excluding carboxylic acids is 1. The van der Waals surface area contributed by atoms with E-state index in [2.05, 4.69) is 32.1 Å². The third-order valence-corrected chi connectivity index (χ3v) is 3.84. The normalized spacial score (nSPS) is 12.2. The van der Waals surface area contributed by atoms with Crippen molar-refractivity contribution in [2.24, 2.45) is 0 Å². The topological polar surface area (TPSA) is 17.1 Å². The van der Waals surface area contributed by atoms with Crippen LogP contribution in [-0.2, 0) is 4.79 Å². The van der Waals surface area contributed by atoms with Crippen molar-refractivity contribution in [2.45, 2.75) is 97.8 Å². The lowest BCUT2D eigenvalue weighted by Crippen LogP contribution is -1.89. The van der Waals surface area contributed by atoms with Gasteiger partial charge in [-0.1, -0.05) is 62.8 Å². The Morgan fingerprint density at radius 1 is 0.810 bits per heavy atom. The molecule has 0 unspecified atom stereocenters. The number of hydrogen-bond donors (Lipinski definition) is 0. The van der Waals surface area contributed by atoms with Gasteiger partial charge in [-0.15, -0.1) is 0 Å². The molecule has 0 atom stereocenters. The Morgan fingerprint density at radius 3 is 2.14 bits per heavy atom. The molecular weight excluding hydrogens is 256 g/mol. The van der Waals surface area contributed by atoms with Gasteiger partial charge in [-0.25, -0.2) is 0 Å². The van der Waals surface area contributed by atoms with E-state index in [0.717, 1.165) is 19.3 Å². The van der Waals surface area contributed by atoms with Crippen LogP contribution in [0, 0.1) is 0 Å². The molecule has 0 aromatic rings. The predicted molar refractivity (Wildman–Crippen MR) is 94.7 cm³/mol. The van der Waals surface area contributed by atoms with E-state index in [1.807, 2.05) is 0 Å². The molecular formula is C20H36O. The van der Waals surface area contributed by atoms with Crippen LogP contribution in [0.25, 0.3) is 0 Å². The Bertz CT molecular complexity index is 299. The summed E-state index contributed by atoms with van der Waals surface area (Å²) >= 11 is 0. The van der Waals surface area contributed by atoms with Gasteiger partial charge in [-0.2, -0.15) is 0 Å². The molecule has 0 saturated carbocycles. The number of allylic oxidation sites excluding steroid dienone is 4. The van der Waals surface area contributed by atoms with Gasteiger partial charge in [0.05, 0.1) is 0 Å². The van der Waals surface area contributed by atoms with E-state index in [-0.39, 0.29) is 0 Å². The summed E-state index contributed by atoms with van der Waals surface area (Å²) in [5.41, 5.74) is 1.52. The van der Waals surface area contributed by atoms with Crippen LogP contribution in [0.2, 0.25) is 0 Å². The predicted octanol–water partition coefficient (Wildman–Crippen LogP) is 6.78. The first kappa shape index (κ1) is 20.1. The van der Waals surface area contributed by atoms with Crippen LogP contribution in [-0.4, -0.2) is 5.78 Å². The van der Waals surface area contributed by atoms with Gasteiger partial charge in [0.15, 0.2) is 0 Å². The third-order valence-electron chi connectivity index (χ3n) is 3.84. The lowest BCUT2D eigenvalue weighted by molar-refractivity contribution is -0.117. The number of hydrogen-bond acceptors (Lipinski definition) is 1. The molecule has 0 aliphatic heterocycles. The first-order chi connectivity index (χ1) is 10.2. The Morgan fingerprint density at radius 2 is 1.48 bits per heavy atom. The Balaban J connectivity index is 3.41. The quantitative estimate of drug-likeness (QED) is 0.255. The Hall–Kier alpha value is -0.850. The van der Waals surface area contributed by atoms with Crippen LogP contribution >= 0.6 is 0 Å². The molecule has 0 aliphatic rings. The second-order valence-corrected chi connectivity index (χ2v) is 6.22. The molecule has 0 spiro atoms. The fraction of sp³-hybridized carbons (Fsp3) is 0.750. The number of ketones is 1. The summed E-state index contributed by atoms with van der Waals surface area (Å²) in [5, 5.41) is 0. The van der Waals surface area contributed by atoms with Crippen LogP contribution in [0.5, 0.6) is 0 Å². The molecule has 122 valence electrons. The monoisotopic (exact) mass is 292 g/mol. The van der Waals surface area contributed by atoms with E-state index in [1.54, 1.807) is 6.92 Å². The number of unbranched alkanes of at least 4 members (excludes halogenated alkanes) is 7. The molecule has 0 fully saturated rings. The van der Waals surface area contributed by atoms with E-state index >= 15 is 0 Å². The summed E-state index contributed by atoms with van der Waals surface area (Å²) < 4.78 is 0. The fourth-order valence-corrected chi connectivity index (χ4v) is 2.41. The molecule has 0 saturated heterocycles. The zero-order valence-corrected chi connectivity index (χ0v) is 14.6. The number of carbonyl (C=O) groups is 1. The van der Waals surface area contributed by atoms with Crippen molar-refractivity contribution < 1.29 is 4.79 Å². The molecule has 0 radical (unpaired) electrons. The number of Topliss-reactive ketones (excluding diaryl/α,β-unsaturated/α-hetero) is 1. The molecule has 0 aromatic carbocycles. The molecule has 0 N–H and O–H groups in total. The van der Waals surface area contributed by atoms with Crippen LogP contribution in [0.4, 0.5) is 0 Å². The molecule has 0 rings (SSSR count). The maximum absolute atomic E-state index is 10.8. The van der Waals surface area contributed by atoms with Gasteiger partial charge in [0.1, 0.15) is 5.78 Å². The van der Waals surface area contributed by atoms with Gasteiger partial charge < -0.3 is 4.79 Å². The van der Waals surface area contributed by atoms with Crippen molar-refractivity contribution in [1.82, 2.24) is 0 Å². The minimum Gasteiger partial charge on any atom is -0.300 e. The van der Waals surface area contributed by atoms with E-state index in [0.29, 0.717) is 5.78 Å². The Labute approximate surface area is 132 Å². The second-order valence-electron chi connectivity index (χ2n) is 6.22. The van der Waals surface area contributed by atoms with Gasteiger partial charge in [-0.05, 0) is 52.4 Å². The molecule has 0 aliphatic carbocycles. The maximum atomic E-state index is 10.8. The van der Waals surface area contributed by atoms with Crippen molar-refractivity contribution in [3.05, 3.63) is 23.8 Å². The third kappa shape index (κ3) is 17.1. The van der Waals surface area contributed by atoms with Gasteiger partial charge in [0, 0.05) is 6.42 Å². The number of rotatable bonds is 14. The highest BCUT2D eigenvalue weighted by Gasteiger charge is 1.95. The van der Waals surface area contributed by atoms with Crippen molar-refractivity contribution >= 4 is 5.78 Å². The summed E-state index contributed by atoms with van der Waals surface area (Å²) in [7, 11) is 0. The van der Waals surface area contributed by atoms with Crippen LogP contribution in [0.15, 0.2) is 23.8 Å². The highest BCUT2D eigenvalue weighted by atomic mass is 16.1. The molecule has 0 heterocycles. The molecule has 1 heteroatoms. The van der Waals surface area contributed by atoms with Crippen LogP contribution in [0.3, 0.4) is 0 Å². The van der Waals surface area contributed by atoms with Crippen molar-refractivity contribution in [1.29, 1.82) is 0 Å². The summed E-state index contributed by atoms with van der Waals surface area (Å²) in [6, 6.07) is 0. The smallest absolute Gasteiger partial charge is 0.129 e. The summed E-state index contributed by atoms with van der Waals surface area (Å²) in [6.07, 6.45) is 21.5. The highest BCUT2D eigenvalue weighted by molar-refractivity contribution is 5.75. The molecule has 1 nitrogen and oxygen atoms in total. The van der Waals surface area contributed by atoms with Crippen LogP contribution < -0.4 is 0 Å². The standard InChI is InChI=1S/C20H36O/c1-4-5-6-7-8-10-13-16-19(2)17-14-11-9-12-15-18-20(3)21/h8,10,16H,4-7,9,11-15,17-18H2,1-3H3. The zero-order valence-electron chi connectivity index (χ0n) is 14.6.